The van der Waals surface area contributed by atoms with E-state index in [1.807, 2.05) is 0 Å². The molecule has 0 amide bonds. The predicted molar refractivity (Wildman–Crippen MR) is 87.5 cm³/mol. The van der Waals surface area contributed by atoms with E-state index in [1.54, 1.807) is 0 Å². The first kappa shape index (κ1) is 15.8. The van der Waals surface area contributed by atoms with E-state index in [-0.39, 0.29) is 0 Å². The molecular weight excluding hydrogens is 260 g/mol. The van der Waals surface area contributed by atoms with Crippen LogP contribution >= 0.6 is 0 Å². The van der Waals surface area contributed by atoms with E-state index in [2.05, 4.69) is 30.6 Å². The van der Waals surface area contributed by atoms with Crippen LogP contribution in [0.1, 0.15) is 52.9 Å². The highest BCUT2D eigenvalue weighted by Gasteiger charge is 2.40. The summed E-state index contributed by atoms with van der Waals surface area (Å²) < 4.78 is 5.57. The van der Waals surface area contributed by atoms with Gasteiger partial charge in [0.1, 0.15) is 0 Å². The zero-order valence-corrected chi connectivity index (χ0v) is 14.3. The van der Waals surface area contributed by atoms with Crippen molar-refractivity contribution in [1.82, 2.24) is 9.80 Å². The molecule has 0 aromatic heterocycles. The van der Waals surface area contributed by atoms with Gasteiger partial charge in [0.05, 0.1) is 0 Å². The summed E-state index contributed by atoms with van der Waals surface area (Å²) in [6.07, 6.45) is 6.79. The molecule has 3 heterocycles. The monoisotopic (exact) mass is 294 g/mol. The molecule has 0 bridgehead atoms. The summed E-state index contributed by atoms with van der Waals surface area (Å²) in [6.45, 7) is 13.2. The smallest absolute Gasteiger partial charge is 0.0469 e. The molecule has 3 fully saturated rings. The molecule has 0 saturated carbocycles. The Hall–Kier alpha value is -0.120. The average Bonchev–Trinajstić information content (AvgIpc) is 2.53. The molecule has 0 N–H and O–H groups in total. The van der Waals surface area contributed by atoms with Gasteiger partial charge in [0.25, 0.3) is 0 Å². The quantitative estimate of drug-likeness (QED) is 0.796. The zero-order valence-electron chi connectivity index (χ0n) is 14.3. The molecule has 3 aliphatic heterocycles. The minimum atomic E-state index is 0.727. The van der Waals surface area contributed by atoms with Crippen molar-refractivity contribution in [2.75, 3.05) is 32.8 Å². The number of ether oxygens (including phenoxy) is 1. The summed E-state index contributed by atoms with van der Waals surface area (Å²) in [5.74, 6) is 1.60. The first-order chi connectivity index (χ1) is 10.2. The minimum absolute atomic E-state index is 0.727. The third-order valence-electron chi connectivity index (χ3n) is 6.26. The summed E-state index contributed by atoms with van der Waals surface area (Å²) in [7, 11) is 0. The number of fused-ring (bicyclic) bond motifs is 1. The zero-order chi connectivity index (χ0) is 14.8. The van der Waals surface area contributed by atoms with Crippen LogP contribution in [0.5, 0.6) is 0 Å². The van der Waals surface area contributed by atoms with Gasteiger partial charge in [-0.2, -0.15) is 0 Å². The molecule has 0 aliphatic carbocycles. The molecule has 0 aromatic carbocycles. The molecule has 3 heteroatoms. The van der Waals surface area contributed by atoms with Gasteiger partial charge in [-0.15, -0.1) is 0 Å². The molecule has 0 spiro atoms. The molecule has 3 nitrogen and oxygen atoms in total. The first-order valence-corrected chi connectivity index (χ1v) is 9.24. The fourth-order valence-electron chi connectivity index (χ4n) is 4.76. The van der Waals surface area contributed by atoms with Crippen LogP contribution in [0.2, 0.25) is 0 Å². The fourth-order valence-corrected chi connectivity index (χ4v) is 4.76. The lowest BCUT2D eigenvalue weighted by Crippen LogP contribution is -2.64. The van der Waals surface area contributed by atoms with Gasteiger partial charge in [-0.3, -0.25) is 9.80 Å². The largest absolute Gasteiger partial charge is 0.381 e. The third kappa shape index (κ3) is 3.46. The first-order valence-electron chi connectivity index (χ1n) is 9.24. The van der Waals surface area contributed by atoms with E-state index in [1.165, 1.54) is 51.7 Å². The second-order valence-corrected chi connectivity index (χ2v) is 7.84. The molecule has 3 rings (SSSR count). The number of piperazine rings is 1. The molecule has 3 saturated heterocycles. The van der Waals surface area contributed by atoms with Crippen LogP contribution in [0.15, 0.2) is 0 Å². The lowest BCUT2D eigenvalue weighted by Gasteiger charge is -2.53. The van der Waals surface area contributed by atoms with E-state index >= 15 is 0 Å². The van der Waals surface area contributed by atoms with E-state index in [0.29, 0.717) is 0 Å². The highest BCUT2D eigenvalue weighted by atomic mass is 16.5. The molecule has 3 aliphatic rings. The van der Waals surface area contributed by atoms with Crippen LogP contribution in [-0.4, -0.2) is 60.8 Å². The number of nitrogens with zero attached hydrogens (tertiary/aromatic N) is 2. The van der Waals surface area contributed by atoms with Gasteiger partial charge in [0.2, 0.25) is 0 Å². The molecule has 0 aromatic rings. The van der Waals surface area contributed by atoms with Crippen molar-refractivity contribution in [3.63, 3.8) is 0 Å². The van der Waals surface area contributed by atoms with Crippen LogP contribution in [0.4, 0.5) is 0 Å². The maximum absolute atomic E-state index is 5.57. The Morgan fingerprint density at radius 1 is 0.952 bits per heavy atom. The lowest BCUT2D eigenvalue weighted by molar-refractivity contribution is -0.0531. The SMILES string of the molecule is CC(C)C1CN2CCCCC2CN1C(C)C1CCOCC1. The fraction of sp³-hybridized carbons (Fsp3) is 1.00. The Bertz CT molecular complexity index is 324. The topological polar surface area (TPSA) is 15.7 Å². The molecule has 3 atom stereocenters. The molecular formula is C18H34N2O. The summed E-state index contributed by atoms with van der Waals surface area (Å²) >= 11 is 0. The number of rotatable bonds is 3. The van der Waals surface area contributed by atoms with Gasteiger partial charge in [0.15, 0.2) is 0 Å². The number of hydrogen-bond acceptors (Lipinski definition) is 3. The Labute approximate surface area is 131 Å². The van der Waals surface area contributed by atoms with Crippen LogP contribution in [-0.2, 0) is 4.74 Å². The van der Waals surface area contributed by atoms with Crippen LogP contribution in [0.25, 0.3) is 0 Å². The van der Waals surface area contributed by atoms with Gasteiger partial charge in [-0.25, -0.2) is 0 Å². The van der Waals surface area contributed by atoms with Crippen molar-refractivity contribution in [1.29, 1.82) is 0 Å². The Morgan fingerprint density at radius 3 is 2.43 bits per heavy atom. The molecule has 21 heavy (non-hydrogen) atoms. The molecule has 3 unspecified atom stereocenters. The standard InChI is InChI=1S/C18H34N2O/c1-14(2)18-13-19-9-5-4-6-17(19)12-20(18)15(3)16-7-10-21-11-8-16/h14-18H,4-13H2,1-3H3. The molecule has 122 valence electrons. The average molecular weight is 294 g/mol. The van der Waals surface area contributed by atoms with Gasteiger partial charge < -0.3 is 4.74 Å². The van der Waals surface area contributed by atoms with E-state index in [0.717, 1.165) is 43.2 Å². The van der Waals surface area contributed by atoms with Crippen LogP contribution in [0.3, 0.4) is 0 Å². The Kier molecular flexibility index (Phi) is 5.23. The maximum atomic E-state index is 5.57. The Morgan fingerprint density at radius 2 is 1.71 bits per heavy atom. The van der Waals surface area contributed by atoms with Gasteiger partial charge >= 0.3 is 0 Å². The van der Waals surface area contributed by atoms with Crippen molar-refractivity contribution >= 4 is 0 Å². The van der Waals surface area contributed by atoms with E-state index in [4.69, 9.17) is 4.74 Å². The van der Waals surface area contributed by atoms with Gasteiger partial charge in [-0.05, 0) is 51.0 Å². The van der Waals surface area contributed by atoms with Crippen LogP contribution < -0.4 is 0 Å². The summed E-state index contributed by atoms with van der Waals surface area (Å²) in [5.41, 5.74) is 0. The van der Waals surface area contributed by atoms with Gasteiger partial charge in [-0.1, -0.05) is 20.3 Å². The second kappa shape index (κ2) is 6.97. The van der Waals surface area contributed by atoms with Crippen molar-refractivity contribution in [2.45, 2.75) is 71.0 Å². The Balaban J connectivity index is 1.70. The maximum Gasteiger partial charge on any atom is 0.0469 e. The summed E-state index contributed by atoms with van der Waals surface area (Å²) in [5, 5.41) is 0. The van der Waals surface area contributed by atoms with Gasteiger partial charge in [0, 0.05) is 44.4 Å². The van der Waals surface area contributed by atoms with Crippen molar-refractivity contribution in [3.8, 4) is 0 Å². The van der Waals surface area contributed by atoms with Crippen molar-refractivity contribution in [2.24, 2.45) is 11.8 Å². The normalized spacial score (nSPS) is 34.9. The molecule has 0 radical (unpaired) electrons. The van der Waals surface area contributed by atoms with E-state index in [9.17, 15) is 0 Å². The van der Waals surface area contributed by atoms with Crippen molar-refractivity contribution in [3.05, 3.63) is 0 Å². The summed E-state index contributed by atoms with van der Waals surface area (Å²) in [6, 6.07) is 2.30. The van der Waals surface area contributed by atoms with E-state index < -0.39 is 0 Å². The third-order valence-corrected chi connectivity index (χ3v) is 6.26. The highest BCUT2D eigenvalue weighted by molar-refractivity contribution is 4.95. The minimum Gasteiger partial charge on any atom is -0.381 e. The highest BCUT2D eigenvalue weighted by Crippen LogP contribution is 2.32. The lowest BCUT2D eigenvalue weighted by atomic mass is 9.86. The second-order valence-electron chi connectivity index (χ2n) is 7.84. The number of piperidine rings is 1. The summed E-state index contributed by atoms with van der Waals surface area (Å²) in [4.78, 5) is 5.68. The van der Waals surface area contributed by atoms with Crippen LogP contribution in [0, 0.1) is 11.8 Å². The predicted octanol–water partition coefficient (Wildman–Crippen LogP) is 3.00. The number of hydrogen-bond donors (Lipinski definition) is 0. The van der Waals surface area contributed by atoms with Crippen molar-refractivity contribution < 1.29 is 4.74 Å².